The number of hydrogen-bond donors (Lipinski definition) is 0. The van der Waals surface area contributed by atoms with Gasteiger partial charge in [-0.05, 0) is 48.0 Å². The average molecular weight is 225 g/mol. The molecule has 1 aliphatic rings. The van der Waals surface area contributed by atoms with Gasteiger partial charge in [0.15, 0.2) is 0 Å². The molecule has 0 unspecified atom stereocenters. The van der Waals surface area contributed by atoms with Crippen LogP contribution in [0.4, 0.5) is 0 Å². The van der Waals surface area contributed by atoms with Crippen molar-refractivity contribution in [1.29, 1.82) is 0 Å². The van der Waals surface area contributed by atoms with Crippen LogP contribution in [0.15, 0.2) is 30.3 Å². The van der Waals surface area contributed by atoms with Crippen LogP contribution in [-0.2, 0) is 6.42 Å². The van der Waals surface area contributed by atoms with Crippen molar-refractivity contribution in [3.63, 3.8) is 0 Å². The van der Waals surface area contributed by atoms with Crippen LogP contribution < -0.4 is 0 Å². The van der Waals surface area contributed by atoms with Gasteiger partial charge in [0.25, 0.3) is 0 Å². The molecule has 0 amide bonds. The molecule has 1 aliphatic carbocycles. The van der Waals surface area contributed by atoms with Gasteiger partial charge in [0.2, 0.25) is 0 Å². The van der Waals surface area contributed by atoms with Crippen molar-refractivity contribution in [3.05, 3.63) is 65.5 Å². The predicted octanol–water partition coefficient (Wildman–Crippen LogP) is 4.58. The normalized spacial score (nSPS) is 21.4. The molecule has 0 bridgehead atoms. The molecule has 0 heterocycles. The molecule has 0 atom stereocenters. The van der Waals surface area contributed by atoms with Gasteiger partial charge < -0.3 is 0 Å². The van der Waals surface area contributed by atoms with Crippen LogP contribution in [0.5, 0.6) is 0 Å². The van der Waals surface area contributed by atoms with E-state index in [1.807, 2.05) is 0 Å². The predicted molar refractivity (Wildman–Crippen MR) is 73.7 cm³/mol. The van der Waals surface area contributed by atoms with E-state index in [0.717, 1.165) is 12.8 Å². The summed E-state index contributed by atoms with van der Waals surface area (Å²) < 4.78 is 0. The first-order chi connectivity index (χ1) is 8.11. The minimum absolute atomic E-state index is 1.14. The summed E-state index contributed by atoms with van der Waals surface area (Å²) in [5.41, 5.74) is 1.43. The number of hydrogen-bond acceptors (Lipinski definition) is 0. The maximum Gasteiger partial charge on any atom is -0.00963 e. The third kappa shape index (κ3) is 2.56. The van der Waals surface area contributed by atoms with Gasteiger partial charge in [-0.15, -0.1) is 0 Å². The zero-order valence-electron chi connectivity index (χ0n) is 11.3. The Morgan fingerprint density at radius 2 is 1.18 bits per heavy atom. The molecule has 0 spiro atoms. The molecule has 0 aliphatic heterocycles. The van der Waals surface area contributed by atoms with Crippen LogP contribution in [0.1, 0.15) is 39.7 Å². The fraction of sp³-hybridized carbons (Fsp3) is 0.353. The van der Waals surface area contributed by atoms with Crippen LogP contribution in [0.2, 0.25) is 0 Å². The fourth-order valence-corrected chi connectivity index (χ4v) is 2.59. The van der Waals surface area contributed by atoms with E-state index < -0.39 is 0 Å². The molecule has 0 N–H and O–H groups in total. The van der Waals surface area contributed by atoms with Crippen LogP contribution in [0.3, 0.4) is 0 Å². The van der Waals surface area contributed by atoms with Crippen molar-refractivity contribution in [2.45, 2.75) is 40.5 Å². The molecule has 0 heteroatoms. The van der Waals surface area contributed by atoms with E-state index in [4.69, 9.17) is 0 Å². The molecular weight excluding hydrogens is 204 g/mol. The highest BCUT2D eigenvalue weighted by atomic mass is 14.5. The summed E-state index contributed by atoms with van der Waals surface area (Å²) in [6.07, 6.45) is 2.31. The number of benzene rings is 1. The Bertz CT molecular complexity index is 326. The van der Waals surface area contributed by atoms with Gasteiger partial charge in [0, 0.05) is 0 Å². The van der Waals surface area contributed by atoms with E-state index >= 15 is 0 Å². The second-order valence-corrected chi connectivity index (χ2v) is 4.96. The average Bonchev–Trinajstić information content (AvgIpc) is 2.54. The summed E-state index contributed by atoms with van der Waals surface area (Å²) in [5.74, 6) is 7.51. The van der Waals surface area contributed by atoms with Gasteiger partial charge in [-0.1, -0.05) is 58.0 Å². The van der Waals surface area contributed by atoms with E-state index in [9.17, 15) is 0 Å². The van der Waals surface area contributed by atoms with Gasteiger partial charge in [0.1, 0.15) is 0 Å². The van der Waals surface area contributed by atoms with Crippen LogP contribution >= 0.6 is 0 Å². The molecule has 5 radical (unpaired) electrons. The Morgan fingerprint density at radius 3 is 1.71 bits per heavy atom. The lowest BCUT2D eigenvalue weighted by Gasteiger charge is -2.19. The summed E-state index contributed by atoms with van der Waals surface area (Å²) in [6.45, 7) is 9.00. The van der Waals surface area contributed by atoms with Crippen LogP contribution in [-0.4, -0.2) is 0 Å². The molecule has 2 rings (SSSR count). The van der Waals surface area contributed by atoms with Crippen molar-refractivity contribution < 1.29 is 0 Å². The minimum Gasteiger partial charge on any atom is -0.0622 e. The van der Waals surface area contributed by atoms with Gasteiger partial charge >= 0.3 is 0 Å². The molecule has 1 aromatic carbocycles. The highest BCUT2D eigenvalue weighted by molar-refractivity contribution is 5.58. The van der Waals surface area contributed by atoms with Crippen LogP contribution in [0.25, 0.3) is 0 Å². The van der Waals surface area contributed by atoms with Crippen LogP contribution in [0, 0.1) is 29.6 Å². The van der Waals surface area contributed by atoms with Crippen molar-refractivity contribution in [3.8, 4) is 0 Å². The lowest BCUT2D eigenvalue weighted by molar-refractivity contribution is 0.796. The molecule has 89 valence electrons. The van der Waals surface area contributed by atoms with Crippen molar-refractivity contribution in [2.24, 2.45) is 0 Å². The Morgan fingerprint density at radius 1 is 0.647 bits per heavy atom. The topological polar surface area (TPSA) is 0 Å². The standard InChI is InChI=1S/C17H21/c1-12-13(2)15(4)17(14(12)3)11-10-16-8-6-5-7-9-16/h5-9H,10-11H2,1-4H3. The first kappa shape index (κ1) is 12.7. The zero-order chi connectivity index (χ0) is 12.4. The quantitative estimate of drug-likeness (QED) is 0.706. The smallest absolute Gasteiger partial charge is 0.00963 e. The second kappa shape index (κ2) is 5.25. The van der Waals surface area contributed by atoms with Gasteiger partial charge in [-0.2, -0.15) is 0 Å². The van der Waals surface area contributed by atoms with Gasteiger partial charge in [-0.25, -0.2) is 0 Å². The van der Waals surface area contributed by atoms with Crippen molar-refractivity contribution in [2.75, 3.05) is 0 Å². The highest BCUT2D eigenvalue weighted by Gasteiger charge is 2.42. The monoisotopic (exact) mass is 225 g/mol. The lowest BCUT2D eigenvalue weighted by Crippen LogP contribution is -2.08. The molecule has 0 nitrogen and oxygen atoms in total. The van der Waals surface area contributed by atoms with E-state index in [0.29, 0.717) is 0 Å². The van der Waals surface area contributed by atoms with E-state index in [-0.39, 0.29) is 0 Å². The van der Waals surface area contributed by atoms with E-state index in [1.54, 1.807) is 5.92 Å². The lowest BCUT2D eigenvalue weighted by atomic mass is 9.84. The largest absolute Gasteiger partial charge is 0.0622 e. The minimum atomic E-state index is 1.14. The van der Waals surface area contributed by atoms with E-state index in [1.165, 1.54) is 29.2 Å². The van der Waals surface area contributed by atoms with Gasteiger partial charge in [0.05, 0.1) is 0 Å². The number of aryl methyl sites for hydroxylation is 1. The molecular formula is C17H21. The maximum absolute atomic E-state index is 2.26. The maximum atomic E-state index is 2.26. The summed E-state index contributed by atoms with van der Waals surface area (Å²) >= 11 is 0. The molecule has 0 aromatic heterocycles. The van der Waals surface area contributed by atoms with Crippen molar-refractivity contribution >= 4 is 0 Å². The van der Waals surface area contributed by atoms with Gasteiger partial charge in [-0.3, -0.25) is 0 Å². The summed E-state index contributed by atoms with van der Waals surface area (Å²) in [6, 6.07) is 10.8. The first-order valence-corrected chi connectivity index (χ1v) is 6.37. The van der Waals surface area contributed by atoms with E-state index in [2.05, 4.69) is 58.0 Å². The molecule has 1 fully saturated rings. The highest BCUT2D eigenvalue weighted by Crippen LogP contribution is 2.53. The molecule has 1 saturated carbocycles. The Balaban J connectivity index is 1.96. The summed E-state index contributed by atoms with van der Waals surface area (Å²) in [4.78, 5) is 0. The third-order valence-corrected chi connectivity index (χ3v) is 4.10. The first-order valence-electron chi connectivity index (χ1n) is 6.37. The SMILES string of the molecule is C[C]1[C](C)[C](C)[C](CCc2ccccc2)[C]1C. The van der Waals surface area contributed by atoms with Crippen molar-refractivity contribution in [1.82, 2.24) is 0 Å². The summed E-state index contributed by atoms with van der Waals surface area (Å²) in [5, 5.41) is 0. The third-order valence-electron chi connectivity index (χ3n) is 4.10. The fourth-order valence-electron chi connectivity index (χ4n) is 2.59. The Hall–Kier alpha value is -0.780. The zero-order valence-corrected chi connectivity index (χ0v) is 11.3. The summed E-state index contributed by atoms with van der Waals surface area (Å²) in [7, 11) is 0. The number of rotatable bonds is 3. The molecule has 0 saturated heterocycles. The second-order valence-electron chi connectivity index (χ2n) is 4.96. The Kier molecular flexibility index (Phi) is 3.91. The molecule has 1 aromatic rings. The molecule has 17 heavy (non-hydrogen) atoms. The Labute approximate surface area is 106 Å².